The van der Waals surface area contributed by atoms with Crippen LogP contribution in [-0.4, -0.2) is 27.9 Å². The Balaban J connectivity index is -0.0000000883. The largest absolute Gasteiger partial charge is 1.00 e. The molecule has 0 fully saturated rings. The smallest absolute Gasteiger partial charge is 1.00 e. The van der Waals surface area contributed by atoms with Gasteiger partial charge < -0.3 is 11.6 Å². The number of unbranched alkanes of at least 4 members (excludes halogenated alkanes) is 1. The standard InChI is InChI=1S/C4H4O5.C4H10.Na.H/c5-2(4(8)9)1-3(6)7;1-3-4-2;;/h1H2,(H,6,7)(H,8,9);3-4H2,1-2H3;;/q;;+1;-1. The third-order valence-electron chi connectivity index (χ3n) is 1.05. The molecule has 0 unspecified atom stereocenters. The summed E-state index contributed by atoms with van der Waals surface area (Å²) in [5.41, 5.74) is 0. The van der Waals surface area contributed by atoms with E-state index in [9.17, 15) is 14.4 Å². The van der Waals surface area contributed by atoms with Crippen LogP contribution >= 0.6 is 0 Å². The van der Waals surface area contributed by atoms with Crippen LogP contribution in [0.1, 0.15) is 34.5 Å². The van der Waals surface area contributed by atoms with Crippen molar-refractivity contribution in [3.05, 3.63) is 0 Å². The molecule has 0 aromatic rings. The van der Waals surface area contributed by atoms with Gasteiger partial charge in [-0.2, -0.15) is 0 Å². The van der Waals surface area contributed by atoms with E-state index in [2.05, 4.69) is 13.8 Å². The van der Waals surface area contributed by atoms with Crippen LogP contribution in [0.25, 0.3) is 0 Å². The van der Waals surface area contributed by atoms with Crippen molar-refractivity contribution in [2.75, 3.05) is 0 Å². The van der Waals surface area contributed by atoms with Crippen LogP contribution in [0, 0.1) is 0 Å². The van der Waals surface area contributed by atoms with Crippen LogP contribution in [0.15, 0.2) is 0 Å². The molecule has 0 aliphatic heterocycles. The van der Waals surface area contributed by atoms with Gasteiger partial charge in [0.05, 0.1) is 0 Å². The second kappa shape index (κ2) is 12.6. The quantitative estimate of drug-likeness (QED) is 0.322. The predicted octanol–water partition coefficient (Wildman–Crippen LogP) is -1.96. The van der Waals surface area contributed by atoms with Gasteiger partial charge in [0.2, 0.25) is 0 Å². The summed E-state index contributed by atoms with van der Waals surface area (Å²) in [7, 11) is 0. The number of Topliss-reactive ketones (excluding diaryl/α,β-unsaturated/α-hetero) is 1. The van der Waals surface area contributed by atoms with Crippen molar-refractivity contribution >= 4 is 17.7 Å². The molecular formula is C8H15NaO5. The maximum atomic E-state index is 9.97. The molecule has 0 aliphatic carbocycles. The molecule has 2 N–H and O–H groups in total. The molecule has 6 heteroatoms. The number of carboxylic acids is 2. The van der Waals surface area contributed by atoms with Gasteiger partial charge in [0.15, 0.2) is 0 Å². The topological polar surface area (TPSA) is 91.7 Å². The third kappa shape index (κ3) is 17.6. The zero-order valence-corrected chi connectivity index (χ0v) is 10.7. The summed E-state index contributed by atoms with van der Waals surface area (Å²) in [5.74, 6) is -4.44. The van der Waals surface area contributed by atoms with E-state index in [0.717, 1.165) is 0 Å². The fraction of sp³-hybridized carbons (Fsp3) is 0.625. The number of carbonyl (C=O) groups excluding carboxylic acids is 1. The number of carboxylic acid groups (broad SMARTS) is 2. The zero-order valence-electron chi connectivity index (χ0n) is 9.74. The Labute approximate surface area is 106 Å². The summed E-state index contributed by atoms with van der Waals surface area (Å²) in [4.78, 5) is 29.2. The maximum Gasteiger partial charge on any atom is 1.00 e. The predicted molar refractivity (Wildman–Crippen MR) is 46.6 cm³/mol. The molecule has 0 amide bonds. The first-order chi connectivity index (χ1) is 5.95. The SMILES string of the molecule is CCCC.O=C(O)CC(=O)C(=O)O.[H-].[Na+]. The van der Waals surface area contributed by atoms with Crippen molar-refractivity contribution in [3.8, 4) is 0 Å². The van der Waals surface area contributed by atoms with Gasteiger partial charge in [-0.25, -0.2) is 4.79 Å². The summed E-state index contributed by atoms with van der Waals surface area (Å²) >= 11 is 0. The third-order valence-corrected chi connectivity index (χ3v) is 1.05. The van der Waals surface area contributed by atoms with E-state index in [1.165, 1.54) is 12.8 Å². The second-order valence-electron chi connectivity index (χ2n) is 2.30. The van der Waals surface area contributed by atoms with Gasteiger partial charge in [0.1, 0.15) is 6.42 Å². The number of rotatable bonds is 4. The minimum absolute atomic E-state index is 0. The Kier molecular flexibility index (Phi) is 17.3. The molecule has 0 atom stereocenters. The van der Waals surface area contributed by atoms with E-state index in [-0.39, 0.29) is 31.0 Å². The fourth-order valence-electron chi connectivity index (χ4n) is 0.213. The summed E-state index contributed by atoms with van der Waals surface area (Å²) in [6.07, 6.45) is 1.69. The Hall–Kier alpha value is -0.390. The summed E-state index contributed by atoms with van der Waals surface area (Å²) in [5, 5.41) is 15.7. The summed E-state index contributed by atoms with van der Waals surface area (Å²) in [6.45, 7) is 4.36. The van der Waals surface area contributed by atoms with E-state index >= 15 is 0 Å². The van der Waals surface area contributed by atoms with Crippen LogP contribution in [0.3, 0.4) is 0 Å². The molecule has 0 saturated heterocycles. The van der Waals surface area contributed by atoms with E-state index in [1.54, 1.807) is 0 Å². The molecular weight excluding hydrogens is 199 g/mol. The molecule has 0 bridgehead atoms. The first kappa shape index (κ1) is 19.2. The number of ketones is 1. The average Bonchev–Trinajstić information content (AvgIpc) is 2.03. The molecule has 78 valence electrons. The number of aliphatic carboxylic acids is 2. The molecule has 14 heavy (non-hydrogen) atoms. The summed E-state index contributed by atoms with van der Waals surface area (Å²) < 4.78 is 0. The van der Waals surface area contributed by atoms with Crippen LogP contribution < -0.4 is 29.6 Å². The van der Waals surface area contributed by atoms with Gasteiger partial charge in [-0.3, -0.25) is 9.59 Å². The van der Waals surface area contributed by atoms with Crippen LogP contribution in [0.4, 0.5) is 0 Å². The molecule has 0 aliphatic rings. The van der Waals surface area contributed by atoms with E-state index in [1.807, 2.05) is 0 Å². The zero-order chi connectivity index (χ0) is 10.9. The van der Waals surface area contributed by atoms with Crippen molar-refractivity contribution < 1.29 is 55.6 Å². The first-order valence-corrected chi connectivity index (χ1v) is 3.93. The first-order valence-electron chi connectivity index (χ1n) is 3.93. The number of carbonyl (C=O) groups is 3. The Morgan fingerprint density at radius 1 is 1.07 bits per heavy atom. The van der Waals surface area contributed by atoms with Gasteiger partial charge in [0, 0.05) is 0 Å². The maximum absolute atomic E-state index is 9.97. The summed E-state index contributed by atoms with van der Waals surface area (Å²) in [6, 6.07) is 0. The Morgan fingerprint density at radius 3 is 1.50 bits per heavy atom. The van der Waals surface area contributed by atoms with Gasteiger partial charge in [-0.15, -0.1) is 0 Å². The van der Waals surface area contributed by atoms with Gasteiger partial charge in [-0.1, -0.05) is 26.7 Å². The second-order valence-corrected chi connectivity index (χ2v) is 2.30. The minimum Gasteiger partial charge on any atom is -1.00 e. The minimum atomic E-state index is -1.71. The van der Waals surface area contributed by atoms with Gasteiger partial charge >= 0.3 is 41.5 Å². The molecule has 0 aromatic heterocycles. The Bertz CT molecular complexity index is 193. The van der Waals surface area contributed by atoms with Gasteiger partial charge in [0.25, 0.3) is 5.78 Å². The number of hydrogen-bond donors (Lipinski definition) is 2. The van der Waals surface area contributed by atoms with Crippen molar-refractivity contribution in [1.82, 2.24) is 0 Å². The van der Waals surface area contributed by atoms with Crippen molar-refractivity contribution in [2.24, 2.45) is 0 Å². The average molecular weight is 214 g/mol. The molecule has 0 rings (SSSR count). The van der Waals surface area contributed by atoms with E-state index < -0.39 is 24.1 Å². The van der Waals surface area contributed by atoms with Crippen molar-refractivity contribution in [3.63, 3.8) is 0 Å². The van der Waals surface area contributed by atoms with E-state index in [0.29, 0.717) is 0 Å². The molecule has 5 nitrogen and oxygen atoms in total. The molecule has 0 radical (unpaired) electrons. The molecule has 0 saturated carbocycles. The number of hydrogen-bond acceptors (Lipinski definition) is 3. The monoisotopic (exact) mass is 214 g/mol. The van der Waals surface area contributed by atoms with Crippen LogP contribution in [0.2, 0.25) is 0 Å². The molecule has 0 spiro atoms. The molecule has 0 heterocycles. The van der Waals surface area contributed by atoms with Crippen LogP contribution in [0.5, 0.6) is 0 Å². The van der Waals surface area contributed by atoms with Crippen molar-refractivity contribution in [1.29, 1.82) is 0 Å². The molecule has 0 aromatic carbocycles. The normalized spacial score (nSPS) is 7.57. The van der Waals surface area contributed by atoms with E-state index in [4.69, 9.17) is 10.2 Å². The fourth-order valence-corrected chi connectivity index (χ4v) is 0.213. The van der Waals surface area contributed by atoms with Crippen LogP contribution in [-0.2, 0) is 14.4 Å². The van der Waals surface area contributed by atoms with Crippen molar-refractivity contribution in [2.45, 2.75) is 33.1 Å². The Morgan fingerprint density at radius 2 is 1.43 bits per heavy atom. The van der Waals surface area contributed by atoms with Gasteiger partial charge in [-0.05, 0) is 0 Å².